The Labute approximate surface area is 168 Å². The molecule has 0 aromatic carbocycles. The fourth-order valence-electron chi connectivity index (χ4n) is 3.13. The van der Waals surface area contributed by atoms with Crippen molar-refractivity contribution in [2.24, 2.45) is 0 Å². The molecule has 0 fully saturated rings. The molecule has 4 nitrogen and oxygen atoms in total. The Balaban J connectivity index is 3.12. The van der Waals surface area contributed by atoms with Gasteiger partial charge in [0.25, 0.3) is 0 Å². The standard InChI is InChI=1S/C23H45NO3/c1-3-4-5-6-7-8-9-10-11-12-13-14-15-16-17-18-19-24-23(26)27-21-22(2)20-25/h25H,2-21H2,1H3,(H,24,26). The minimum absolute atomic E-state index is 0.0846. The highest BCUT2D eigenvalue weighted by molar-refractivity contribution is 5.67. The first-order chi connectivity index (χ1) is 13.2. The summed E-state index contributed by atoms with van der Waals surface area (Å²) in [6.07, 6.45) is 21.1. The molecule has 1 amide bonds. The number of carbonyl (C=O) groups is 1. The number of amides is 1. The molecule has 0 rings (SSSR count). The van der Waals surface area contributed by atoms with Gasteiger partial charge in [0.1, 0.15) is 6.61 Å². The molecule has 0 bridgehead atoms. The van der Waals surface area contributed by atoms with E-state index in [0.717, 1.165) is 12.8 Å². The minimum Gasteiger partial charge on any atom is -0.445 e. The van der Waals surface area contributed by atoms with E-state index in [-0.39, 0.29) is 13.2 Å². The summed E-state index contributed by atoms with van der Waals surface area (Å²) in [6.45, 7) is 6.44. The number of unbranched alkanes of at least 4 members (excludes halogenated alkanes) is 15. The molecule has 4 heteroatoms. The van der Waals surface area contributed by atoms with Gasteiger partial charge in [-0.15, -0.1) is 0 Å². The van der Waals surface area contributed by atoms with Crippen LogP contribution in [-0.2, 0) is 4.74 Å². The first-order valence-corrected chi connectivity index (χ1v) is 11.4. The second kappa shape index (κ2) is 21.3. The fourth-order valence-corrected chi connectivity index (χ4v) is 3.13. The number of ether oxygens (including phenoxy) is 1. The van der Waals surface area contributed by atoms with Crippen LogP contribution >= 0.6 is 0 Å². The average Bonchev–Trinajstić information content (AvgIpc) is 2.68. The highest BCUT2D eigenvalue weighted by atomic mass is 16.5. The molecule has 0 spiro atoms. The minimum atomic E-state index is -0.425. The second-order valence-corrected chi connectivity index (χ2v) is 7.71. The van der Waals surface area contributed by atoms with Crippen LogP contribution in [0.3, 0.4) is 0 Å². The van der Waals surface area contributed by atoms with E-state index in [4.69, 9.17) is 9.84 Å². The lowest BCUT2D eigenvalue weighted by Gasteiger charge is -2.07. The Morgan fingerprint density at radius 2 is 1.19 bits per heavy atom. The van der Waals surface area contributed by atoms with Crippen molar-refractivity contribution in [1.29, 1.82) is 0 Å². The van der Waals surface area contributed by atoms with Crippen LogP contribution in [0.4, 0.5) is 4.79 Å². The molecule has 0 saturated carbocycles. The van der Waals surface area contributed by atoms with Crippen LogP contribution in [0.1, 0.15) is 110 Å². The highest BCUT2D eigenvalue weighted by Gasteiger charge is 2.01. The molecule has 0 atom stereocenters. The lowest BCUT2D eigenvalue weighted by molar-refractivity contribution is 0.151. The van der Waals surface area contributed by atoms with E-state index >= 15 is 0 Å². The molecule has 0 heterocycles. The average molecular weight is 384 g/mol. The molecular weight excluding hydrogens is 338 g/mol. The van der Waals surface area contributed by atoms with Crippen molar-refractivity contribution in [2.75, 3.05) is 19.8 Å². The van der Waals surface area contributed by atoms with Gasteiger partial charge in [-0.3, -0.25) is 0 Å². The lowest BCUT2D eigenvalue weighted by Crippen LogP contribution is -2.26. The van der Waals surface area contributed by atoms with Crippen LogP contribution in [0, 0.1) is 0 Å². The third-order valence-corrected chi connectivity index (χ3v) is 4.93. The van der Waals surface area contributed by atoms with Crippen molar-refractivity contribution in [3.05, 3.63) is 12.2 Å². The summed E-state index contributed by atoms with van der Waals surface area (Å²) in [6, 6.07) is 0. The fraction of sp³-hybridized carbons (Fsp3) is 0.870. The quantitative estimate of drug-likeness (QED) is 0.186. The Kier molecular flexibility index (Phi) is 20.5. The number of rotatable bonds is 20. The van der Waals surface area contributed by atoms with Crippen molar-refractivity contribution >= 4 is 6.09 Å². The van der Waals surface area contributed by atoms with Gasteiger partial charge in [0.2, 0.25) is 0 Å². The molecule has 0 saturated heterocycles. The molecule has 27 heavy (non-hydrogen) atoms. The predicted octanol–water partition coefficient (Wildman–Crippen LogP) is 6.52. The number of alkyl carbamates (subject to hydrolysis) is 1. The number of aliphatic hydroxyl groups excluding tert-OH is 1. The van der Waals surface area contributed by atoms with Crippen LogP contribution in [0.2, 0.25) is 0 Å². The molecular formula is C23H45NO3. The maximum atomic E-state index is 11.4. The summed E-state index contributed by atoms with van der Waals surface area (Å²) < 4.78 is 4.91. The second-order valence-electron chi connectivity index (χ2n) is 7.71. The number of carbonyl (C=O) groups excluding carboxylic acids is 1. The van der Waals surface area contributed by atoms with Crippen LogP contribution in [-0.4, -0.2) is 31.0 Å². The molecule has 0 unspecified atom stereocenters. The van der Waals surface area contributed by atoms with Gasteiger partial charge in [-0.05, 0) is 12.0 Å². The summed E-state index contributed by atoms with van der Waals surface area (Å²) in [5.74, 6) is 0. The Morgan fingerprint density at radius 3 is 1.59 bits per heavy atom. The van der Waals surface area contributed by atoms with Gasteiger partial charge in [0.15, 0.2) is 0 Å². The third-order valence-electron chi connectivity index (χ3n) is 4.93. The molecule has 2 N–H and O–H groups in total. The van der Waals surface area contributed by atoms with E-state index in [1.807, 2.05) is 0 Å². The van der Waals surface area contributed by atoms with Crippen molar-refractivity contribution in [2.45, 2.75) is 110 Å². The third kappa shape index (κ3) is 21.1. The Hall–Kier alpha value is -1.03. The van der Waals surface area contributed by atoms with Crippen LogP contribution in [0.25, 0.3) is 0 Å². The maximum Gasteiger partial charge on any atom is 0.407 e. The molecule has 0 radical (unpaired) electrons. The summed E-state index contributed by atoms with van der Waals surface area (Å²) in [4.78, 5) is 11.4. The summed E-state index contributed by atoms with van der Waals surface area (Å²) >= 11 is 0. The zero-order valence-electron chi connectivity index (χ0n) is 17.9. The van der Waals surface area contributed by atoms with Gasteiger partial charge < -0.3 is 15.2 Å². The molecule has 0 aromatic rings. The van der Waals surface area contributed by atoms with Crippen molar-refractivity contribution in [3.63, 3.8) is 0 Å². The molecule has 0 aliphatic carbocycles. The lowest BCUT2D eigenvalue weighted by atomic mass is 10.0. The smallest absolute Gasteiger partial charge is 0.407 e. The monoisotopic (exact) mass is 383 g/mol. The number of hydrogen-bond acceptors (Lipinski definition) is 3. The van der Waals surface area contributed by atoms with Crippen LogP contribution in [0.5, 0.6) is 0 Å². The van der Waals surface area contributed by atoms with Crippen LogP contribution in [0.15, 0.2) is 12.2 Å². The molecule has 160 valence electrons. The molecule has 0 aliphatic rings. The summed E-state index contributed by atoms with van der Waals surface area (Å²) in [5.41, 5.74) is 0.507. The Morgan fingerprint density at radius 1 is 0.778 bits per heavy atom. The largest absolute Gasteiger partial charge is 0.445 e. The normalized spacial score (nSPS) is 10.7. The summed E-state index contributed by atoms with van der Waals surface area (Å²) in [5, 5.41) is 11.5. The Bertz CT molecular complexity index is 345. The topological polar surface area (TPSA) is 58.6 Å². The molecule has 0 aromatic heterocycles. The first-order valence-electron chi connectivity index (χ1n) is 11.4. The van der Waals surface area contributed by atoms with Crippen molar-refractivity contribution in [3.8, 4) is 0 Å². The van der Waals surface area contributed by atoms with E-state index < -0.39 is 6.09 Å². The van der Waals surface area contributed by atoms with Gasteiger partial charge >= 0.3 is 6.09 Å². The molecule has 0 aliphatic heterocycles. The predicted molar refractivity (Wildman–Crippen MR) is 115 cm³/mol. The van der Waals surface area contributed by atoms with E-state index in [1.54, 1.807) is 0 Å². The zero-order valence-corrected chi connectivity index (χ0v) is 17.9. The number of aliphatic hydroxyl groups is 1. The highest BCUT2D eigenvalue weighted by Crippen LogP contribution is 2.13. The maximum absolute atomic E-state index is 11.4. The summed E-state index contributed by atoms with van der Waals surface area (Å²) in [7, 11) is 0. The van der Waals surface area contributed by atoms with Gasteiger partial charge in [-0.25, -0.2) is 4.79 Å². The van der Waals surface area contributed by atoms with Crippen molar-refractivity contribution < 1.29 is 14.6 Å². The van der Waals surface area contributed by atoms with Gasteiger partial charge in [-0.2, -0.15) is 0 Å². The first kappa shape index (κ1) is 26.0. The van der Waals surface area contributed by atoms with Gasteiger partial charge in [0.05, 0.1) is 6.61 Å². The zero-order chi connectivity index (χ0) is 20.0. The van der Waals surface area contributed by atoms with E-state index in [2.05, 4.69) is 18.8 Å². The number of hydrogen-bond donors (Lipinski definition) is 2. The van der Waals surface area contributed by atoms with Crippen molar-refractivity contribution in [1.82, 2.24) is 5.32 Å². The van der Waals surface area contributed by atoms with Crippen LogP contribution < -0.4 is 5.32 Å². The van der Waals surface area contributed by atoms with E-state index in [1.165, 1.54) is 89.9 Å². The van der Waals surface area contributed by atoms with Gasteiger partial charge in [-0.1, -0.05) is 110 Å². The van der Waals surface area contributed by atoms with Gasteiger partial charge in [0, 0.05) is 6.54 Å². The SMILES string of the molecule is C=C(CO)COC(=O)NCCCCCCCCCCCCCCCCCC. The number of nitrogens with one attached hydrogen (secondary N) is 1. The van der Waals surface area contributed by atoms with E-state index in [0.29, 0.717) is 12.1 Å². The van der Waals surface area contributed by atoms with E-state index in [9.17, 15) is 4.79 Å².